The average molecular weight is 334 g/mol. The van der Waals surface area contributed by atoms with Gasteiger partial charge in [0.15, 0.2) is 0 Å². The van der Waals surface area contributed by atoms with Crippen molar-refractivity contribution in [3.05, 3.63) is 35.6 Å². The Balaban J connectivity index is 1.60. The maximum Gasteiger partial charge on any atom is 0.225 e. The van der Waals surface area contributed by atoms with Gasteiger partial charge in [-0.2, -0.15) is 0 Å². The zero-order chi connectivity index (χ0) is 17.3. The Hall–Kier alpha value is -1.46. The van der Waals surface area contributed by atoms with Crippen molar-refractivity contribution in [2.45, 2.75) is 31.7 Å². The Morgan fingerprint density at radius 2 is 2.00 bits per heavy atom. The van der Waals surface area contributed by atoms with E-state index in [1.54, 1.807) is 12.1 Å². The van der Waals surface area contributed by atoms with Gasteiger partial charge in [-0.1, -0.05) is 12.1 Å². The Kier molecular flexibility index (Phi) is 4.92. The summed E-state index contributed by atoms with van der Waals surface area (Å²) in [6.07, 6.45) is 3.35. The summed E-state index contributed by atoms with van der Waals surface area (Å²) in [5.74, 6) is 0.126. The van der Waals surface area contributed by atoms with Gasteiger partial charge in [0.25, 0.3) is 0 Å². The van der Waals surface area contributed by atoms with Crippen molar-refractivity contribution in [2.24, 2.45) is 11.3 Å². The van der Waals surface area contributed by atoms with Gasteiger partial charge in [0, 0.05) is 30.5 Å². The minimum atomic E-state index is -0.293. The molecule has 1 atom stereocenters. The Morgan fingerprint density at radius 1 is 1.33 bits per heavy atom. The molecule has 4 nitrogen and oxygen atoms in total. The fraction of sp³-hybridized carbons (Fsp3) is 0.632. The van der Waals surface area contributed by atoms with Crippen molar-refractivity contribution in [1.82, 2.24) is 9.80 Å². The number of aliphatic hydroxyl groups is 1. The molecule has 132 valence electrons. The van der Waals surface area contributed by atoms with Crippen LogP contribution in [0.2, 0.25) is 0 Å². The molecule has 1 saturated carbocycles. The molecule has 1 amide bonds. The number of carbonyl (C=O) groups excluding carboxylic acids is 1. The molecule has 2 fully saturated rings. The summed E-state index contributed by atoms with van der Waals surface area (Å²) in [6.45, 7) is 1.37. The highest BCUT2D eigenvalue weighted by molar-refractivity contribution is 5.80. The van der Waals surface area contributed by atoms with E-state index in [0.717, 1.165) is 24.8 Å². The van der Waals surface area contributed by atoms with Crippen molar-refractivity contribution in [2.75, 3.05) is 33.8 Å². The smallest absolute Gasteiger partial charge is 0.225 e. The third-order valence-corrected chi connectivity index (χ3v) is 5.77. The topological polar surface area (TPSA) is 43.8 Å². The first-order valence-electron chi connectivity index (χ1n) is 8.73. The van der Waals surface area contributed by atoms with E-state index >= 15 is 0 Å². The molecule has 1 unspecified atom stereocenters. The van der Waals surface area contributed by atoms with Crippen LogP contribution in [-0.2, 0) is 11.2 Å². The lowest BCUT2D eigenvalue weighted by atomic mass is 9.78. The van der Waals surface area contributed by atoms with E-state index in [9.17, 15) is 14.3 Å². The molecule has 0 aromatic heterocycles. The number of carbonyl (C=O) groups is 1. The number of benzene rings is 1. The van der Waals surface area contributed by atoms with E-state index in [1.807, 2.05) is 4.90 Å². The summed E-state index contributed by atoms with van der Waals surface area (Å²) >= 11 is 0. The number of nitrogens with zero attached hydrogens (tertiary/aromatic N) is 2. The Morgan fingerprint density at radius 3 is 2.58 bits per heavy atom. The van der Waals surface area contributed by atoms with Crippen molar-refractivity contribution in [3.63, 3.8) is 0 Å². The second-order valence-corrected chi connectivity index (χ2v) is 7.76. The molecule has 1 heterocycles. The SMILES string of the molecule is CN(C)C1CC(C(=O)N2CCC(CO)(Cc3ccc(F)cc3)C2)C1. The molecular formula is C19H27FN2O2. The highest BCUT2D eigenvalue weighted by Gasteiger charge is 2.44. The molecule has 24 heavy (non-hydrogen) atoms. The zero-order valence-electron chi connectivity index (χ0n) is 14.5. The summed E-state index contributed by atoms with van der Waals surface area (Å²) in [5, 5.41) is 9.94. The molecule has 1 aliphatic carbocycles. The minimum Gasteiger partial charge on any atom is -0.396 e. The van der Waals surface area contributed by atoms with Gasteiger partial charge in [0.2, 0.25) is 5.91 Å². The first-order chi connectivity index (χ1) is 11.4. The van der Waals surface area contributed by atoms with Crippen LogP contribution in [0.3, 0.4) is 0 Å². The van der Waals surface area contributed by atoms with E-state index in [1.165, 1.54) is 12.1 Å². The van der Waals surface area contributed by atoms with Gasteiger partial charge in [-0.25, -0.2) is 4.39 Å². The number of likely N-dealkylation sites (tertiary alicyclic amines) is 1. The van der Waals surface area contributed by atoms with Crippen molar-refractivity contribution >= 4 is 5.91 Å². The summed E-state index contributed by atoms with van der Waals surface area (Å²) in [6, 6.07) is 6.96. The molecule has 1 aliphatic heterocycles. The second kappa shape index (κ2) is 6.81. The maximum absolute atomic E-state index is 13.1. The van der Waals surface area contributed by atoms with Crippen LogP contribution in [-0.4, -0.2) is 60.6 Å². The predicted molar refractivity (Wildman–Crippen MR) is 91.0 cm³/mol. The molecule has 1 N–H and O–H groups in total. The van der Waals surface area contributed by atoms with Gasteiger partial charge < -0.3 is 14.9 Å². The van der Waals surface area contributed by atoms with Crippen LogP contribution in [0.1, 0.15) is 24.8 Å². The van der Waals surface area contributed by atoms with E-state index in [0.29, 0.717) is 25.6 Å². The van der Waals surface area contributed by atoms with Crippen LogP contribution >= 0.6 is 0 Å². The van der Waals surface area contributed by atoms with E-state index in [-0.39, 0.29) is 29.7 Å². The summed E-state index contributed by atoms with van der Waals surface area (Å²) in [4.78, 5) is 16.8. The lowest BCUT2D eigenvalue weighted by Gasteiger charge is -2.40. The highest BCUT2D eigenvalue weighted by Crippen LogP contribution is 2.38. The first-order valence-corrected chi connectivity index (χ1v) is 8.73. The van der Waals surface area contributed by atoms with E-state index < -0.39 is 0 Å². The van der Waals surface area contributed by atoms with Gasteiger partial charge in [-0.05, 0) is 57.5 Å². The van der Waals surface area contributed by atoms with Gasteiger partial charge >= 0.3 is 0 Å². The summed E-state index contributed by atoms with van der Waals surface area (Å²) in [7, 11) is 4.11. The zero-order valence-corrected chi connectivity index (χ0v) is 14.5. The summed E-state index contributed by atoms with van der Waals surface area (Å²) in [5.41, 5.74) is 0.717. The number of hydrogen-bond donors (Lipinski definition) is 1. The quantitative estimate of drug-likeness (QED) is 0.895. The molecule has 0 radical (unpaired) electrons. The van der Waals surface area contributed by atoms with Crippen LogP contribution in [0, 0.1) is 17.2 Å². The first kappa shape index (κ1) is 17.4. The monoisotopic (exact) mass is 334 g/mol. The molecule has 0 spiro atoms. The third-order valence-electron chi connectivity index (χ3n) is 5.77. The van der Waals surface area contributed by atoms with Crippen molar-refractivity contribution < 1.29 is 14.3 Å². The van der Waals surface area contributed by atoms with Gasteiger partial charge in [0.05, 0.1) is 6.61 Å². The molecule has 1 saturated heterocycles. The molecule has 1 aromatic carbocycles. The van der Waals surface area contributed by atoms with E-state index in [2.05, 4.69) is 19.0 Å². The largest absolute Gasteiger partial charge is 0.396 e. The molecular weight excluding hydrogens is 307 g/mol. The fourth-order valence-electron chi connectivity index (χ4n) is 3.96. The molecule has 2 aliphatic rings. The molecule has 0 bridgehead atoms. The Labute approximate surface area is 143 Å². The Bertz CT molecular complexity index is 584. The fourth-order valence-corrected chi connectivity index (χ4v) is 3.96. The molecule has 5 heteroatoms. The van der Waals surface area contributed by atoms with Crippen LogP contribution in [0.25, 0.3) is 0 Å². The summed E-state index contributed by atoms with van der Waals surface area (Å²) < 4.78 is 13.1. The van der Waals surface area contributed by atoms with Crippen molar-refractivity contribution in [3.8, 4) is 0 Å². The van der Waals surface area contributed by atoms with Gasteiger partial charge in [0.1, 0.15) is 5.82 Å². The number of halogens is 1. The van der Waals surface area contributed by atoms with Crippen LogP contribution in [0.15, 0.2) is 24.3 Å². The minimum absolute atomic E-state index is 0.0547. The number of hydrogen-bond acceptors (Lipinski definition) is 3. The van der Waals surface area contributed by atoms with Crippen LogP contribution in [0.4, 0.5) is 4.39 Å². The predicted octanol–water partition coefficient (Wildman–Crippen LogP) is 1.92. The molecule has 1 aromatic rings. The normalized spacial score (nSPS) is 29.8. The standard InChI is InChI=1S/C19H27FN2O2/c1-21(2)17-9-15(10-17)18(24)22-8-7-19(12-22,13-23)11-14-3-5-16(20)6-4-14/h3-6,15,17,23H,7-13H2,1-2H3. The lowest BCUT2D eigenvalue weighted by molar-refractivity contribution is -0.139. The maximum atomic E-state index is 13.1. The average Bonchev–Trinajstić information content (AvgIpc) is 2.92. The number of rotatable bonds is 5. The second-order valence-electron chi connectivity index (χ2n) is 7.76. The van der Waals surface area contributed by atoms with E-state index in [4.69, 9.17) is 0 Å². The lowest BCUT2D eigenvalue weighted by Crippen LogP contribution is -2.48. The van der Waals surface area contributed by atoms with Crippen LogP contribution < -0.4 is 0 Å². The number of aliphatic hydroxyl groups excluding tert-OH is 1. The molecule has 3 rings (SSSR count). The van der Waals surface area contributed by atoms with Crippen LogP contribution in [0.5, 0.6) is 0 Å². The van der Waals surface area contributed by atoms with Crippen molar-refractivity contribution in [1.29, 1.82) is 0 Å². The van der Waals surface area contributed by atoms with Gasteiger partial charge in [-0.15, -0.1) is 0 Å². The van der Waals surface area contributed by atoms with Gasteiger partial charge in [-0.3, -0.25) is 4.79 Å². The third kappa shape index (κ3) is 3.47. The highest BCUT2D eigenvalue weighted by atomic mass is 19.1. The number of amides is 1.